The number of carbonyl (C=O) groups is 3. The summed E-state index contributed by atoms with van der Waals surface area (Å²) >= 11 is 0. The average Bonchev–Trinajstić information content (AvgIpc) is 3.20. The molecule has 192 valence electrons. The van der Waals surface area contributed by atoms with E-state index in [1.165, 1.54) is 35.2 Å². The van der Waals surface area contributed by atoms with Crippen LogP contribution in [-0.2, 0) is 16.1 Å². The fourth-order valence-electron chi connectivity index (χ4n) is 4.01. The summed E-state index contributed by atoms with van der Waals surface area (Å²) in [6, 6.07) is 16.8. The second-order valence-electron chi connectivity index (χ2n) is 9.20. The molecule has 0 aliphatic carbocycles. The molecule has 4 rings (SSSR count). The molecule has 0 radical (unpaired) electrons. The van der Waals surface area contributed by atoms with Crippen molar-refractivity contribution in [3.63, 3.8) is 0 Å². The van der Waals surface area contributed by atoms with Crippen molar-refractivity contribution < 1.29 is 27.9 Å². The minimum atomic E-state index is -0.963. The van der Waals surface area contributed by atoms with Crippen molar-refractivity contribution in [3.05, 3.63) is 101 Å². The summed E-state index contributed by atoms with van der Waals surface area (Å²) in [4.78, 5) is 39.8. The summed E-state index contributed by atoms with van der Waals surface area (Å²) < 4.78 is 32.9. The van der Waals surface area contributed by atoms with E-state index in [4.69, 9.17) is 4.74 Å². The van der Waals surface area contributed by atoms with E-state index >= 15 is 0 Å². The standard InChI is InChI=1S/C28H27F2N3O4/c1-17(2)15-31-27(35)24-25(37-28(36)33(24)16-18-7-11-20(29)12-8-18)19-9-13-21(14-10-19)32-26(34)22-5-3-4-6-23(22)30/h3-14,17,24-25H,15-16H2,1-2H3,(H,31,35)(H,32,34). The van der Waals surface area contributed by atoms with E-state index in [2.05, 4.69) is 10.6 Å². The molecule has 0 saturated carbocycles. The Bertz CT molecular complexity index is 1280. The Kier molecular flexibility index (Phi) is 7.81. The van der Waals surface area contributed by atoms with Gasteiger partial charge < -0.3 is 15.4 Å². The molecule has 2 N–H and O–H groups in total. The number of ether oxygens (including phenoxy) is 1. The van der Waals surface area contributed by atoms with E-state index in [0.29, 0.717) is 23.4 Å². The van der Waals surface area contributed by atoms with Crippen LogP contribution in [0.3, 0.4) is 0 Å². The summed E-state index contributed by atoms with van der Waals surface area (Å²) in [5, 5.41) is 5.50. The number of rotatable bonds is 8. The zero-order valence-electron chi connectivity index (χ0n) is 20.4. The molecule has 2 atom stereocenters. The van der Waals surface area contributed by atoms with Gasteiger partial charge in [-0.05, 0) is 53.4 Å². The maximum atomic E-state index is 13.9. The van der Waals surface area contributed by atoms with Crippen molar-refractivity contribution >= 4 is 23.6 Å². The number of anilines is 1. The van der Waals surface area contributed by atoms with Gasteiger partial charge in [0, 0.05) is 12.2 Å². The molecule has 2 unspecified atom stereocenters. The highest BCUT2D eigenvalue weighted by Crippen LogP contribution is 2.34. The third-order valence-corrected chi connectivity index (χ3v) is 5.92. The molecule has 9 heteroatoms. The van der Waals surface area contributed by atoms with Crippen LogP contribution in [-0.4, -0.2) is 35.4 Å². The molecule has 1 saturated heterocycles. The lowest BCUT2D eigenvalue weighted by atomic mass is 10.00. The molecule has 3 amide bonds. The monoisotopic (exact) mass is 507 g/mol. The number of halogens is 2. The molecule has 1 fully saturated rings. The van der Waals surface area contributed by atoms with E-state index in [9.17, 15) is 23.2 Å². The van der Waals surface area contributed by atoms with Crippen LogP contribution >= 0.6 is 0 Å². The summed E-state index contributed by atoms with van der Waals surface area (Å²) in [5.74, 6) is -1.81. The summed E-state index contributed by atoms with van der Waals surface area (Å²) in [5.41, 5.74) is 1.51. The van der Waals surface area contributed by atoms with Gasteiger partial charge in [-0.25, -0.2) is 13.6 Å². The van der Waals surface area contributed by atoms with Crippen molar-refractivity contribution in [1.82, 2.24) is 10.2 Å². The predicted octanol–water partition coefficient (Wildman–Crippen LogP) is 5.05. The van der Waals surface area contributed by atoms with E-state index in [1.807, 2.05) is 13.8 Å². The van der Waals surface area contributed by atoms with E-state index < -0.39 is 35.8 Å². The third-order valence-electron chi connectivity index (χ3n) is 5.92. The molecule has 3 aromatic rings. The minimum Gasteiger partial charge on any atom is -0.438 e. The second-order valence-corrected chi connectivity index (χ2v) is 9.20. The van der Waals surface area contributed by atoms with Gasteiger partial charge in [0.25, 0.3) is 5.91 Å². The van der Waals surface area contributed by atoms with Gasteiger partial charge in [0.2, 0.25) is 5.91 Å². The zero-order valence-corrected chi connectivity index (χ0v) is 20.4. The number of nitrogens with one attached hydrogen (secondary N) is 2. The van der Waals surface area contributed by atoms with Crippen LogP contribution in [0.2, 0.25) is 0 Å². The van der Waals surface area contributed by atoms with Crippen LogP contribution in [0.5, 0.6) is 0 Å². The van der Waals surface area contributed by atoms with Crippen LogP contribution in [0.25, 0.3) is 0 Å². The number of hydrogen-bond acceptors (Lipinski definition) is 4. The Morgan fingerprint density at radius 1 is 0.973 bits per heavy atom. The van der Waals surface area contributed by atoms with Gasteiger partial charge in [-0.3, -0.25) is 14.5 Å². The Hall–Kier alpha value is -4.27. The number of nitrogens with zero attached hydrogens (tertiary/aromatic N) is 1. The molecule has 37 heavy (non-hydrogen) atoms. The first-order valence-electron chi connectivity index (χ1n) is 11.9. The van der Waals surface area contributed by atoms with Crippen molar-refractivity contribution in [2.45, 2.75) is 32.5 Å². The maximum absolute atomic E-state index is 13.9. The van der Waals surface area contributed by atoms with Crippen LogP contribution in [0.1, 0.15) is 41.4 Å². The van der Waals surface area contributed by atoms with Gasteiger partial charge in [0.15, 0.2) is 12.1 Å². The predicted molar refractivity (Wildman–Crippen MR) is 134 cm³/mol. The van der Waals surface area contributed by atoms with Gasteiger partial charge in [-0.1, -0.05) is 50.2 Å². The lowest BCUT2D eigenvalue weighted by molar-refractivity contribution is -0.126. The number of cyclic esters (lactones) is 1. The van der Waals surface area contributed by atoms with Gasteiger partial charge in [0.1, 0.15) is 11.6 Å². The Balaban J connectivity index is 1.55. The Morgan fingerprint density at radius 3 is 2.30 bits per heavy atom. The van der Waals surface area contributed by atoms with E-state index in [1.54, 1.807) is 42.5 Å². The first kappa shape index (κ1) is 25.8. The quantitative estimate of drug-likeness (QED) is 0.447. The van der Waals surface area contributed by atoms with E-state index in [0.717, 1.165) is 0 Å². The highest BCUT2D eigenvalue weighted by molar-refractivity contribution is 6.04. The van der Waals surface area contributed by atoms with Crippen LogP contribution < -0.4 is 10.6 Å². The lowest BCUT2D eigenvalue weighted by Gasteiger charge is -2.24. The summed E-state index contributed by atoms with van der Waals surface area (Å²) in [6.45, 7) is 4.39. The van der Waals surface area contributed by atoms with Gasteiger partial charge in [-0.15, -0.1) is 0 Å². The molecule has 1 heterocycles. The first-order chi connectivity index (χ1) is 17.7. The van der Waals surface area contributed by atoms with Crippen LogP contribution in [0.4, 0.5) is 19.3 Å². The number of amides is 3. The SMILES string of the molecule is CC(C)CNC(=O)C1C(c2ccc(NC(=O)c3ccccc3F)cc2)OC(=O)N1Cc1ccc(F)cc1. The highest BCUT2D eigenvalue weighted by Gasteiger charge is 2.46. The second kappa shape index (κ2) is 11.2. The van der Waals surface area contributed by atoms with Crippen molar-refractivity contribution in [1.29, 1.82) is 0 Å². The van der Waals surface area contributed by atoms with E-state index in [-0.39, 0.29) is 23.9 Å². The Labute approximate surface area is 213 Å². The van der Waals surface area contributed by atoms with Crippen LogP contribution in [0, 0.1) is 17.6 Å². The number of carbonyl (C=O) groups excluding carboxylic acids is 3. The smallest absolute Gasteiger partial charge is 0.411 e. The number of benzene rings is 3. The molecule has 0 bridgehead atoms. The zero-order chi connectivity index (χ0) is 26.5. The van der Waals surface area contributed by atoms with Crippen molar-refractivity contribution in [3.8, 4) is 0 Å². The van der Waals surface area contributed by atoms with Crippen LogP contribution in [0.15, 0.2) is 72.8 Å². The van der Waals surface area contributed by atoms with Crippen molar-refractivity contribution in [2.75, 3.05) is 11.9 Å². The van der Waals surface area contributed by atoms with Gasteiger partial charge in [-0.2, -0.15) is 0 Å². The first-order valence-corrected chi connectivity index (χ1v) is 11.9. The van der Waals surface area contributed by atoms with Gasteiger partial charge >= 0.3 is 6.09 Å². The molecule has 1 aliphatic heterocycles. The summed E-state index contributed by atoms with van der Waals surface area (Å²) in [7, 11) is 0. The normalized spacial score (nSPS) is 17.0. The highest BCUT2D eigenvalue weighted by atomic mass is 19.1. The fraction of sp³-hybridized carbons (Fsp3) is 0.250. The average molecular weight is 508 g/mol. The Morgan fingerprint density at radius 2 is 1.65 bits per heavy atom. The molecule has 7 nitrogen and oxygen atoms in total. The summed E-state index contributed by atoms with van der Waals surface area (Å²) in [6.07, 6.45) is -1.58. The molecular formula is C28H27F2N3O4. The molecular weight excluding hydrogens is 480 g/mol. The largest absolute Gasteiger partial charge is 0.438 e. The fourth-order valence-corrected chi connectivity index (χ4v) is 4.01. The molecule has 3 aromatic carbocycles. The maximum Gasteiger partial charge on any atom is 0.411 e. The van der Waals surface area contributed by atoms with Gasteiger partial charge in [0.05, 0.1) is 12.1 Å². The topological polar surface area (TPSA) is 87.7 Å². The molecule has 0 aromatic heterocycles. The number of hydrogen-bond donors (Lipinski definition) is 2. The minimum absolute atomic E-state index is 0.0617. The molecule has 0 spiro atoms. The third kappa shape index (κ3) is 6.11. The lowest BCUT2D eigenvalue weighted by Crippen LogP contribution is -2.47. The van der Waals surface area contributed by atoms with Crippen molar-refractivity contribution in [2.24, 2.45) is 5.92 Å². The molecule has 1 aliphatic rings.